The van der Waals surface area contributed by atoms with Crippen LogP contribution in [-0.4, -0.2) is 66.9 Å². The standard InChI is InChI=1S/C17H18F3N5O2.C10H10N4O/c1-23-12-8-11(2-3-13(12)27-7-4-15(23)26)9-24-5-6-25-14(10-24)21-22-16(25)17(18,19)20;11-9(15)10-12-8(13-14-10)6-7-4-2-1-3-5-7/h2-3,8H,4-7,9-10H2,1H3;1-5H,6H2,(H2,11,15)(H,12,13,14). The minimum Gasteiger partial charge on any atom is -0.491 e. The van der Waals surface area contributed by atoms with Gasteiger partial charge in [0.05, 0.1) is 25.3 Å². The van der Waals surface area contributed by atoms with Gasteiger partial charge in [-0.05, 0) is 23.3 Å². The Kier molecular flexibility index (Phi) is 8.20. The molecule has 2 aromatic carbocycles. The van der Waals surface area contributed by atoms with Crippen molar-refractivity contribution in [3.63, 3.8) is 0 Å². The maximum Gasteiger partial charge on any atom is 0.451 e. The summed E-state index contributed by atoms with van der Waals surface area (Å²) in [6.45, 7) is 1.80. The van der Waals surface area contributed by atoms with E-state index in [4.69, 9.17) is 10.5 Å². The van der Waals surface area contributed by atoms with Gasteiger partial charge in [-0.25, -0.2) is 4.98 Å². The van der Waals surface area contributed by atoms with Crippen LogP contribution in [0.2, 0.25) is 0 Å². The first-order valence-electron chi connectivity index (χ1n) is 13.1. The number of alkyl halides is 3. The number of carbonyl (C=O) groups excluding carboxylic acids is 2. The smallest absolute Gasteiger partial charge is 0.451 e. The van der Waals surface area contributed by atoms with E-state index in [9.17, 15) is 22.8 Å². The van der Waals surface area contributed by atoms with Gasteiger partial charge in [0.2, 0.25) is 17.6 Å². The van der Waals surface area contributed by atoms with Gasteiger partial charge in [-0.2, -0.15) is 13.2 Å². The third-order valence-corrected chi connectivity index (χ3v) is 6.79. The second kappa shape index (κ2) is 12.0. The van der Waals surface area contributed by atoms with Crippen molar-refractivity contribution in [3.05, 3.63) is 83.0 Å². The van der Waals surface area contributed by atoms with E-state index < -0.39 is 17.9 Å². The minimum atomic E-state index is -4.50. The lowest BCUT2D eigenvalue weighted by Crippen LogP contribution is -2.35. The molecule has 2 aliphatic rings. The zero-order valence-corrected chi connectivity index (χ0v) is 22.6. The number of carbonyl (C=O) groups is 2. The fourth-order valence-corrected chi connectivity index (χ4v) is 4.68. The molecule has 4 aromatic rings. The molecule has 15 heteroatoms. The molecular weight excluding hydrogens is 555 g/mol. The van der Waals surface area contributed by atoms with Crippen molar-refractivity contribution in [2.45, 2.75) is 38.7 Å². The Labute approximate surface area is 238 Å². The van der Waals surface area contributed by atoms with Crippen LogP contribution in [0, 0.1) is 0 Å². The van der Waals surface area contributed by atoms with Crippen LogP contribution >= 0.6 is 0 Å². The molecule has 0 unspecified atom stereocenters. The van der Waals surface area contributed by atoms with Gasteiger partial charge in [0, 0.05) is 33.1 Å². The number of amides is 2. The SMILES string of the molecule is CN1C(=O)CCOc2ccc(CN3CCn4c(nnc4C(F)(F)F)C3)cc21.NC(=O)c1n[nH]c(Cc2ccccc2)n1. The number of anilines is 1. The third kappa shape index (κ3) is 6.57. The maximum absolute atomic E-state index is 12.9. The first kappa shape index (κ1) is 28.7. The van der Waals surface area contributed by atoms with E-state index in [1.54, 1.807) is 11.9 Å². The van der Waals surface area contributed by atoms with Crippen LogP contribution in [0.4, 0.5) is 18.9 Å². The number of halogens is 3. The first-order valence-corrected chi connectivity index (χ1v) is 13.1. The molecule has 3 N–H and O–H groups in total. The quantitative estimate of drug-likeness (QED) is 0.364. The average molecular weight is 584 g/mol. The fourth-order valence-electron chi connectivity index (χ4n) is 4.68. The lowest BCUT2D eigenvalue weighted by atomic mass is 10.1. The monoisotopic (exact) mass is 583 g/mol. The molecule has 0 saturated heterocycles. The summed E-state index contributed by atoms with van der Waals surface area (Å²) >= 11 is 0. The van der Waals surface area contributed by atoms with Crippen molar-refractivity contribution >= 4 is 17.5 Å². The number of fused-ring (bicyclic) bond motifs is 2. The first-order chi connectivity index (χ1) is 20.1. The number of nitrogens with one attached hydrogen (secondary N) is 1. The molecule has 0 bridgehead atoms. The Hall–Kier alpha value is -4.79. The number of ether oxygens (including phenoxy) is 1. The summed E-state index contributed by atoms with van der Waals surface area (Å²) in [4.78, 5) is 30.3. The summed E-state index contributed by atoms with van der Waals surface area (Å²) in [7, 11) is 1.71. The Morgan fingerprint density at radius 1 is 1.10 bits per heavy atom. The predicted octanol–water partition coefficient (Wildman–Crippen LogP) is 2.55. The Morgan fingerprint density at radius 3 is 2.60 bits per heavy atom. The molecular formula is C27H28F3N9O3. The average Bonchev–Trinajstić information content (AvgIpc) is 3.58. The summed E-state index contributed by atoms with van der Waals surface area (Å²) in [5.41, 5.74) is 7.79. The lowest BCUT2D eigenvalue weighted by molar-refractivity contribution is -0.148. The summed E-state index contributed by atoms with van der Waals surface area (Å²) in [6, 6.07) is 15.4. The number of primary amides is 1. The highest BCUT2D eigenvalue weighted by molar-refractivity contribution is 5.95. The fraction of sp³-hybridized carbons (Fsp3) is 0.333. The van der Waals surface area contributed by atoms with Crippen molar-refractivity contribution in [3.8, 4) is 5.75 Å². The highest BCUT2D eigenvalue weighted by Gasteiger charge is 2.39. The van der Waals surface area contributed by atoms with E-state index in [0.29, 0.717) is 55.6 Å². The van der Waals surface area contributed by atoms with Gasteiger partial charge in [-0.3, -0.25) is 19.6 Å². The molecule has 12 nitrogen and oxygen atoms in total. The second-order valence-corrected chi connectivity index (χ2v) is 9.79. The van der Waals surface area contributed by atoms with Gasteiger partial charge >= 0.3 is 6.18 Å². The van der Waals surface area contributed by atoms with Gasteiger partial charge in [0.15, 0.2) is 0 Å². The number of H-pyrrole nitrogens is 1. The van der Waals surface area contributed by atoms with Gasteiger partial charge in [0.1, 0.15) is 17.4 Å². The van der Waals surface area contributed by atoms with Crippen LogP contribution in [0.1, 0.15) is 45.6 Å². The minimum absolute atomic E-state index is 0.0170. The lowest BCUT2D eigenvalue weighted by Gasteiger charge is -2.28. The zero-order chi connectivity index (χ0) is 29.9. The Bertz CT molecular complexity index is 1570. The van der Waals surface area contributed by atoms with E-state index in [1.807, 2.05) is 53.4 Å². The number of hydrogen-bond donors (Lipinski definition) is 2. The molecule has 0 radical (unpaired) electrons. The molecule has 220 valence electrons. The number of benzene rings is 2. The van der Waals surface area contributed by atoms with Crippen molar-refractivity contribution in [2.75, 3.05) is 25.1 Å². The van der Waals surface area contributed by atoms with Gasteiger partial charge in [-0.1, -0.05) is 36.4 Å². The predicted molar refractivity (Wildman–Crippen MR) is 143 cm³/mol. The van der Waals surface area contributed by atoms with Crippen LogP contribution < -0.4 is 15.4 Å². The highest BCUT2D eigenvalue weighted by atomic mass is 19.4. The van der Waals surface area contributed by atoms with Crippen molar-refractivity contribution in [1.82, 2.24) is 34.8 Å². The molecule has 2 aromatic heterocycles. The summed E-state index contributed by atoms with van der Waals surface area (Å²) < 4.78 is 45.5. The van der Waals surface area contributed by atoms with Crippen LogP contribution in [-0.2, 0) is 37.0 Å². The molecule has 0 aliphatic carbocycles. The number of hydrogen-bond acceptors (Lipinski definition) is 8. The molecule has 6 rings (SSSR count). The molecule has 0 atom stereocenters. The summed E-state index contributed by atoms with van der Waals surface area (Å²) in [5.74, 6) is 0.0388. The van der Waals surface area contributed by atoms with E-state index in [1.165, 1.54) is 0 Å². The van der Waals surface area contributed by atoms with Crippen LogP contribution in [0.5, 0.6) is 5.75 Å². The van der Waals surface area contributed by atoms with Crippen LogP contribution in [0.3, 0.4) is 0 Å². The summed E-state index contributed by atoms with van der Waals surface area (Å²) in [5, 5.41) is 13.4. The molecule has 0 saturated carbocycles. The van der Waals surface area contributed by atoms with Crippen LogP contribution in [0.25, 0.3) is 0 Å². The van der Waals surface area contributed by atoms with E-state index in [-0.39, 0.29) is 24.8 Å². The van der Waals surface area contributed by atoms with Crippen molar-refractivity contribution in [2.24, 2.45) is 5.73 Å². The van der Waals surface area contributed by atoms with Crippen molar-refractivity contribution in [1.29, 1.82) is 0 Å². The number of nitrogens with two attached hydrogens (primary N) is 1. The van der Waals surface area contributed by atoms with E-state index in [0.717, 1.165) is 15.7 Å². The van der Waals surface area contributed by atoms with Gasteiger partial charge < -0.3 is 19.9 Å². The Balaban J connectivity index is 0.000000199. The molecule has 2 aliphatic heterocycles. The maximum atomic E-state index is 12.9. The molecule has 42 heavy (non-hydrogen) atoms. The third-order valence-electron chi connectivity index (χ3n) is 6.79. The molecule has 0 fully saturated rings. The number of aromatic amines is 1. The number of aromatic nitrogens is 6. The molecule has 2 amide bonds. The van der Waals surface area contributed by atoms with Crippen LogP contribution in [0.15, 0.2) is 48.5 Å². The number of rotatable bonds is 5. The van der Waals surface area contributed by atoms with E-state index in [2.05, 4.69) is 25.4 Å². The second-order valence-electron chi connectivity index (χ2n) is 9.79. The van der Waals surface area contributed by atoms with Crippen molar-refractivity contribution < 1.29 is 27.5 Å². The van der Waals surface area contributed by atoms with Gasteiger partial charge in [-0.15, -0.1) is 15.3 Å². The summed E-state index contributed by atoms with van der Waals surface area (Å²) in [6.07, 6.45) is -3.56. The van der Waals surface area contributed by atoms with E-state index >= 15 is 0 Å². The zero-order valence-electron chi connectivity index (χ0n) is 22.6. The molecule has 4 heterocycles. The topological polar surface area (TPSA) is 148 Å². The largest absolute Gasteiger partial charge is 0.491 e. The Morgan fingerprint density at radius 2 is 1.88 bits per heavy atom. The highest BCUT2D eigenvalue weighted by Crippen LogP contribution is 2.33. The van der Waals surface area contributed by atoms with Gasteiger partial charge in [0.25, 0.3) is 5.91 Å². The normalized spacial score (nSPS) is 15.1. The molecule has 0 spiro atoms. The number of nitrogens with zero attached hydrogens (tertiary/aromatic N) is 7.